The fourth-order valence-electron chi connectivity index (χ4n) is 3.13. The van der Waals surface area contributed by atoms with E-state index in [-0.39, 0.29) is 0 Å². The van der Waals surface area contributed by atoms with E-state index in [1.165, 1.54) is 19.3 Å². The van der Waals surface area contributed by atoms with E-state index in [2.05, 4.69) is 47.2 Å². The van der Waals surface area contributed by atoms with Crippen LogP contribution in [-0.2, 0) is 0 Å². The molecule has 4 nitrogen and oxygen atoms in total. The summed E-state index contributed by atoms with van der Waals surface area (Å²) in [6.07, 6.45) is 3.85. The van der Waals surface area contributed by atoms with Crippen LogP contribution in [0.5, 0.6) is 0 Å². The van der Waals surface area contributed by atoms with Gasteiger partial charge in [-0.3, -0.25) is 0 Å². The lowest BCUT2D eigenvalue weighted by molar-refractivity contribution is 0.403. The summed E-state index contributed by atoms with van der Waals surface area (Å²) in [5, 5.41) is 4.42. The first-order valence-electron chi connectivity index (χ1n) is 8.07. The topological polar surface area (TPSA) is 41.1 Å². The predicted molar refractivity (Wildman–Crippen MR) is 88.9 cm³/mol. The SMILES string of the molecule is CCNc1nc(N2CCCC(CC)C2)c2ccccc2n1. The Kier molecular flexibility index (Phi) is 4.23. The molecule has 1 N–H and O–H groups in total. The van der Waals surface area contributed by atoms with E-state index in [4.69, 9.17) is 4.98 Å². The Morgan fingerprint density at radius 3 is 2.90 bits per heavy atom. The van der Waals surface area contributed by atoms with Crippen molar-refractivity contribution in [1.29, 1.82) is 0 Å². The maximum Gasteiger partial charge on any atom is 0.225 e. The van der Waals surface area contributed by atoms with Crippen molar-refractivity contribution in [2.45, 2.75) is 33.1 Å². The van der Waals surface area contributed by atoms with Gasteiger partial charge in [0.25, 0.3) is 0 Å². The third kappa shape index (κ3) is 2.94. The van der Waals surface area contributed by atoms with Crippen molar-refractivity contribution in [2.24, 2.45) is 5.92 Å². The van der Waals surface area contributed by atoms with Gasteiger partial charge in [-0.05, 0) is 37.8 Å². The number of hydrogen-bond donors (Lipinski definition) is 1. The minimum Gasteiger partial charge on any atom is -0.356 e. The lowest BCUT2D eigenvalue weighted by Crippen LogP contribution is -2.36. The van der Waals surface area contributed by atoms with Crippen molar-refractivity contribution in [3.63, 3.8) is 0 Å². The van der Waals surface area contributed by atoms with Gasteiger partial charge < -0.3 is 10.2 Å². The molecule has 1 aromatic carbocycles. The van der Waals surface area contributed by atoms with Gasteiger partial charge in [-0.25, -0.2) is 4.98 Å². The molecule has 112 valence electrons. The van der Waals surface area contributed by atoms with Crippen LogP contribution in [0.4, 0.5) is 11.8 Å². The van der Waals surface area contributed by atoms with Crippen LogP contribution < -0.4 is 10.2 Å². The van der Waals surface area contributed by atoms with Gasteiger partial charge in [0.05, 0.1) is 5.52 Å². The molecule has 4 heteroatoms. The third-order valence-electron chi connectivity index (χ3n) is 4.31. The van der Waals surface area contributed by atoms with Crippen molar-refractivity contribution in [2.75, 3.05) is 29.9 Å². The first-order chi connectivity index (χ1) is 10.3. The van der Waals surface area contributed by atoms with Crippen molar-refractivity contribution < 1.29 is 0 Å². The first-order valence-corrected chi connectivity index (χ1v) is 8.07. The van der Waals surface area contributed by atoms with Gasteiger partial charge >= 0.3 is 0 Å². The summed E-state index contributed by atoms with van der Waals surface area (Å²) in [6, 6.07) is 8.32. The van der Waals surface area contributed by atoms with Crippen LogP contribution in [0.3, 0.4) is 0 Å². The van der Waals surface area contributed by atoms with E-state index in [1.54, 1.807) is 0 Å². The highest BCUT2D eigenvalue weighted by atomic mass is 15.2. The number of anilines is 2. The molecule has 1 aromatic heterocycles. The maximum atomic E-state index is 4.79. The van der Waals surface area contributed by atoms with E-state index in [0.29, 0.717) is 0 Å². The van der Waals surface area contributed by atoms with Crippen LogP contribution >= 0.6 is 0 Å². The molecule has 0 amide bonds. The lowest BCUT2D eigenvalue weighted by Gasteiger charge is -2.33. The smallest absolute Gasteiger partial charge is 0.225 e. The molecule has 3 rings (SSSR count). The Morgan fingerprint density at radius 2 is 2.10 bits per heavy atom. The van der Waals surface area contributed by atoms with Gasteiger partial charge in [-0.15, -0.1) is 0 Å². The second-order valence-corrected chi connectivity index (χ2v) is 5.78. The molecule has 1 fully saturated rings. The zero-order valence-corrected chi connectivity index (χ0v) is 13.0. The van der Waals surface area contributed by atoms with Crippen LogP contribution in [0.2, 0.25) is 0 Å². The zero-order valence-electron chi connectivity index (χ0n) is 13.0. The van der Waals surface area contributed by atoms with Gasteiger partial charge in [0.1, 0.15) is 5.82 Å². The summed E-state index contributed by atoms with van der Waals surface area (Å²) in [7, 11) is 0. The number of nitrogens with zero attached hydrogens (tertiary/aromatic N) is 3. The largest absolute Gasteiger partial charge is 0.356 e. The molecule has 0 radical (unpaired) electrons. The number of hydrogen-bond acceptors (Lipinski definition) is 4. The van der Waals surface area contributed by atoms with Crippen LogP contribution in [0.25, 0.3) is 10.9 Å². The quantitative estimate of drug-likeness (QED) is 0.929. The molecule has 1 saturated heterocycles. The minimum absolute atomic E-state index is 0.741. The summed E-state index contributed by atoms with van der Waals surface area (Å²) in [5.74, 6) is 2.62. The fourth-order valence-corrected chi connectivity index (χ4v) is 3.13. The molecule has 0 spiro atoms. The molecule has 1 aliphatic rings. The van der Waals surface area contributed by atoms with Crippen molar-refractivity contribution in [1.82, 2.24) is 9.97 Å². The Hall–Kier alpha value is -1.84. The summed E-state index contributed by atoms with van der Waals surface area (Å²) in [6.45, 7) is 7.42. The molecule has 1 aliphatic heterocycles. The minimum atomic E-state index is 0.741. The highest BCUT2D eigenvalue weighted by Gasteiger charge is 2.21. The summed E-state index contributed by atoms with van der Waals surface area (Å²) in [4.78, 5) is 11.8. The van der Waals surface area contributed by atoms with Gasteiger partial charge in [0.2, 0.25) is 5.95 Å². The Labute approximate surface area is 126 Å². The van der Waals surface area contributed by atoms with Crippen LogP contribution in [0.1, 0.15) is 33.1 Å². The van der Waals surface area contributed by atoms with E-state index in [1.807, 2.05) is 6.07 Å². The average molecular weight is 284 g/mol. The van der Waals surface area contributed by atoms with Gasteiger partial charge in [0.15, 0.2) is 0 Å². The summed E-state index contributed by atoms with van der Waals surface area (Å²) < 4.78 is 0. The Morgan fingerprint density at radius 1 is 1.24 bits per heavy atom. The van der Waals surface area contributed by atoms with Crippen LogP contribution in [0.15, 0.2) is 24.3 Å². The van der Waals surface area contributed by atoms with Gasteiger partial charge in [-0.1, -0.05) is 25.5 Å². The van der Waals surface area contributed by atoms with Crippen molar-refractivity contribution in [3.8, 4) is 0 Å². The van der Waals surface area contributed by atoms with Gasteiger partial charge in [-0.2, -0.15) is 4.98 Å². The Bertz CT molecular complexity index is 611. The van der Waals surface area contributed by atoms with E-state index in [0.717, 1.165) is 48.2 Å². The average Bonchev–Trinajstić information content (AvgIpc) is 2.54. The Balaban J connectivity index is 2.02. The molecule has 0 aliphatic carbocycles. The molecule has 0 saturated carbocycles. The molecular weight excluding hydrogens is 260 g/mol. The number of rotatable bonds is 4. The normalized spacial score (nSPS) is 19.0. The zero-order chi connectivity index (χ0) is 14.7. The number of piperidine rings is 1. The number of aromatic nitrogens is 2. The highest BCUT2D eigenvalue weighted by Crippen LogP contribution is 2.29. The first kappa shape index (κ1) is 14.1. The molecule has 1 unspecified atom stereocenters. The predicted octanol–water partition coefficient (Wildman–Crippen LogP) is 3.69. The fraction of sp³-hybridized carbons (Fsp3) is 0.529. The van der Waals surface area contributed by atoms with Crippen LogP contribution in [-0.4, -0.2) is 29.6 Å². The summed E-state index contributed by atoms with van der Waals surface area (Å²) in [5.41, 5.74) is 1.03. The van der Waals surface area contributed by atoms with E-state index in [9.17, 15) is 0 Å². The number of para-hydroxylation sites is 1. The number of benzene rings is 1. The lowest BCUT2D eigenvalue weighted by atomic mass is 9.95. The molecule has 2 heterocycles. The third-order valence-corrected chi connectivity index (χ3v) is 4.31. The second-order valence-electron chi connectivity index (χ2n) is 5.78. The monoisotopic (exact) mass is 284 g/mol. The molecule has 21 heavy (non-hydrogen) atoms. The molecule has 0 bridgehead atoms. The molecule has 1 atom stereocenters. The molecule has 2 aromatic rings. The standard InChI is InChI=1S/C17H24N4/c1-3-13-8-7-11-21(12-13)16-14-9-5-6-10-15(14)19-17(20-16)18-4-2/h5-6,9-10,13H,3-4,7-8,11-12H2,1-2H3,(H,18,19,20). The summed E-state index contributed by atoms with van der Waals surface area (Å²) >= 11 is 0. The van der Waals surface area contributed by atoms with Gasteiger partial charge in [0, 0.05) is 25.0 Å². The van der Waals surface area contributed by atoms with Crippen molar-refractivity contribution in [3.05, 3.63) is 24.3 Å². The van der Waals surface area contributed by atoms with Crippen LogP contribution in [0, 0.1) is 5.92 Å². The van der Waals surface area contributed by atoms with E-state index >= 15 is 0 Å². The molecular formula is C17H24N4. The maximum absolute atomic E-state index is 4.79. The van der Waals surface area contributed by atoms with E-state index < -0.39 is 0 Å². The van der Waals surface area contributed by atoms with Crippen molar-refractivity contribution >= 4 is 22.7 Å². The number of fused-ring (bicyclic) bond motifs is 1. The number of nitrogens with one attached hydrogen (secondary N) is 1. The highest BCUT2D eigenvalue weighted by molar-refractivity contribution is 5.90. The second kappa shape index (κ2) is 6.29.